The molecule has 2 bridgehead atoms. The first-order chi connectivity index (χ1) is 22.8. The number of hydrogen-bond donors (Lipinski definition) is 3. The van der Waals surface area contributed by atoms with Crippen molar-refractivity contribution in [1.82, 2.24) is 20.5 Å². The van der Waals surface area contributed by atoms with Crippen molar-refractivity contribution in [3.8, 4) is 22.3 Å². The van der Waals surface area contributed by atoms with Crippen LogP contribution >= 0.6 is 0 Å². The molecule has 4 heterocycles. The van der Waals surface area contributed by atoms with E-state index in [0.29, 0.717) is 18.2 Å². The fraction of sp³-hybridized carbons (Fsp3) is 0.405. The van der Waals surface area contributed by atoms with Gasteiger partial charge in [0.25, 0.3) is 5.91 Å². The first-order valence-corrected chi connectivity index (χ1v) is 16.7. The first kappa shape index (κ1) is 29.8. The molecule has 2 aliphatic heterocycles. The molecule has 2 aromatic heterocycles. The van der Waals surface area contributed by atoms with Gasteiger partial charge in [-0.25, -0.2) is 9.37 Å². The Kier molecular flexibility index (Phi) is 7.35. The predicted molar refractivity (Wildman–Crippen MR) is 178 cm³/mol. The summed E-state index contributed by atoms with van der Waals surface area (Å²) in [5.41, 5.74) is 6.84. The molecule has 242 valence electrons. The SMILES string of the molecule is Cc1n[nH]c(C)c1-c1ccc(NC(=O)[C@@H](NC(=O)C2(F)CC2)C2CCCc3ccc(-c4ccnc(N5C[C@H]6C[C@@H]5CO6)c4)cc32)cc1. The highest BCUT2D eigenvalue weighted by molar-refractivity contribution is 6.00. The number of nitrogens with zero attached hydrogens (tertiary/aromatic N) is 3. The number of halogens is 1. The number of fused-ring (bicyclic) bond motifs is 3. The first-order valence-electron chi connectivity index (χ1n) is 16.7. The highest BCUT2D eigenvalue weighted by Gasteiger charge is 2.52. The molecule has 2 aliphatic carbocycles. The Morgan fingerprint density at radius 3 is 2.55 bits per heavy atom. The van der Waals surface area contributed by atoms with Gasteiger partial charge in [-0.3, -0.25) is 14.7 Å². The van der Waals surface area contributed by atoms with E-state index < -0.39 is 17.6 Å². The second kappa shape index (κ2) is 11.6. The molecule has 2 saturated heterocycles. The van der Waals surface area contributed by atoms with Gasteiger partial charge in [0.15, 0.2) is 5.67 Å². The lowest BCUT2D eigenvalue weighted by Gasteiger charge is -2.33. The third-order valence-corrected chi connectivity index (χ3v) is 10.4. The normalized spacial score (nSPS) is 22.9. The van der Waals surface area contributed by atoms with E-state index in [4.69, 9.17) is 4.74 Å². The molecule has 3 N–H and O–H groups in total. The fourth-order valence-corrected chi connectivity index (χ4v) is 7.67. The van der Waals surface area contributed by atoms with E-state index in [-0.39, 0.29) is 30.8 Å². The summed E-state index contributed by atoms with van der Waals surface area (Å²) in [6, 6.07) is 17.6. The Labute approximate surface area is 273 Å². The van der Waals surface area contributed by atoms with Crippen LogP contribution in [0.1, 0.15) is 60.5 Å². The number of aromatic amines is 1. The van der Waals surface area contributed by atoms with E-state index in [2.05, 4.69) is 55.0 Å². The molecule has 4 aliphatic rings. The summed E-state index contributed by atoms with van der Waals surface area (Å²) in [5, 5.41) is 13.2. The maximum absolute atomic E-state index is 15.0. The van der Waals surface area contributed by atoms with Gasteiger partial charge < -0.3 is 20.3 Å². The second-order valence-electron chi connectivity index (χ2n) is 13.6. The number of aromatic nitrogens is 3. The quantitative estimate of drug-likeness (QED) is 0.227. The van der Waals surface area contributed by atoms with E-state index in [0.717, 1.165) is 83.0 Å². The monoisotopic (exact) mass is 634 g/mol. The number of amides is 2. The number of hydrogen-bond acceptors (Lipinski definition) is 6. The summed E-state index contributed by atoms with van der Waals surface area (Å²) in [7, 11) is 0. The Hall–Kier alpha value is -4.57. The molecular weight excluding hydrogens is 595 g/mol. The Balaban J connectivity index is 1.08. The molecule has 10 heteroatoms. The van der Waals surface area contributed by atoms with Gasteiger partial charge in [0.1, 0.15) is 11.9 Å². The molecule has 2 amide bonds. The number of alkyl halides is 1. The fourth-order valence-electron chi connectivity index (χ4n) is 7.67. The van der Waals surface area contributed by atoms with Gasteiger partial charge in [-0.15, -0.1) is 0 Å². The van der Waals surface area contributed by atoms with E-state index in [9.17, 15) is 14.0 Å². The number of morpholine rings is 1. The predicted octanol–water partition coefficient (Wildman–Crippen LogP) is 5.78. The van der Waals surface area contributed by atoms with Gasteiger partial charge >= 0.3 is 0 Å². The molecule has 1 unspecified atom stereocenters. The minimum absolute atomic E-state index is 0.183. The highest BCUT2D eigenvalue weighted by atomic mass is 19.1. The van der Waals surface area contributed by atoms with E-state index >= 15 is 0 Å². The third kappa shape index (κ3) is 5.58. The number of rotatable bonds is 8. The standard InChI is InChI=1S/C37H39FN6O3/c1-21-33(22(2)43-42-21)24-8-10-27(11-9-24)40-35(45)34(41-36(46)37(38)13-14-37)30-5-3-4-23-6-7-25(16-31(23)30)26-12-15-39-32(17-26)44-19-29-18-28(44)20-47-29/h6-12,15-17,28-30,34H,3-5,13-14,18-20H2,1-2H3,(H,40,45)(H,41,46)(H,42,43)/t28-,29-,30?,34+/m1/s1. The zero-order valence-electron chi connectivity index (χ0n) is 26.7. The number of H-pyrrole nitrogens is 1. The summed E-state index contributed by atoms with van der Waals surface area (Å²) in [6.07, 6.45) is 5.98. The summed E-state index contributed by atoms with van der Waals surface area (Å²) >= 11 is 0. The molecule has 0 spiro atoms. The summed E-state index contributed by atoms with van der Waals surface area (Å²) in [6.45, 7) is 5.52. The molecule has 9 nitrogen and oxygen atoms in total. The van der Waals surface area contributed by atoms with Gasteiger partial charge in [0, 0.05) is 35.6 Å². The number of anilines is 2. The van der Waals surface area contributed by atoms with Crippen LogP contribution in [-0.2, 0) is 20.7 Å². The van der Waals surface area contributed by atoms with Crippen molar-refractivity contribution in [2.75, 3.05) is 23.4 Å². The van der Waals surface area contributed by atoms with E-state index in [1.54, 1.807) is 0 Å². The van der Waals surface area contributed by atoms with Crippen LogP contribution in [0, 0.1) is 13.8 Å². The Morgan fingerprint density at radius 1 is 1.06 bits per heavy atom. The van der Waals surface area contributed by atoms with Gasteiger partial charge in [-0.05, 0) is 104 Å². The minimum atomic E-state index is -1.90. The van der Waals surface area contributed by atoms with E-state index in [1.165, 1.54) is 0 Å². The number of aryl methyl sites for hydroxylation is 3. The zero-order chi connectivity index (χ0) is 32.3. The van der Waals surface area contributed by atoms with Crippen molar-refractivity contribution in [3.05, 3.63) is 83.3 Å². The maximum atomic E-state index is 15.0. The highest BCUT2D eigenvalue weighted by Crippen LogP contribution is 2.42. The van der Waals surface area contributed by atoms with Crippen LogP contribution in [0.5, 0.6) is 0 Å². The van der Waals surface area contributed by atoms with Gasteiger partial charge in [-0.1, -0.05) is 30.3 Å². The molecule has 1 saturated carbocycles. The Bertz CT molecular complexity index is 1830. The molecule has 8 rings (SSSR count). The molecular formula is C37H39FN6O3. The van der Waals surface area contributed by atoms with Gasteiger partial charge in [0.05, 0.1) is 24.4 Å². The number of carbonyl (C=O) groups is 2. The molecule has 47 heavy (non-hydrogen) atoms. The van der Waals surface area contributed by atoms with Crippen molar-refractivity contribution in [3.63, 3.8) is 0 Å². The average Bonchev–Trinajstić information content (AvgIpc) is 3.37. The van der Waals surface area contributed by atoms with Crippen molar-refractivity contribution in [2.45, 2.75) is 82.1 Å². The zero-order valence-corrected chi connectivity index (χ0v) is 26.7. The van der Waals surface area contributed by atoms with Crippen molar-refractivity contribution in [2.24, 2.45) is 0 Å². The Morgan fingerprint density at radius 2 is 1.85 bits per heavy atom. The molecule has 4 atom stereocenters. The third-order valence-electron chi connectivity index (χ3n) is 10.4. The number of carbonyl (C=O) groups excluding carboxylic acids is 2. The lowest BCUT2D eigenvalue weighted by atomic mass is 9.77. The summed E-state index contributed by atoms with van der Waals surface area (Å²) < 4.78 is 20.8. The van der Waals surface area contributed by atoms with Crippen molar-refractivity contribution < 1.29 is 18.7 Å². The minimum Gasteiger partial charge on any atom is -0.374 e. The lowest BCUT2D eigenvalue weighted by molar-refractivity contribution is -0.131. The van der Waals surface area contributed by atoms with Gasteiger partial charge in [-0.2, -0.15) is 5.10 Å². The van der Waals surface area contributed by atoms with Crippen molar-refractivity contribution in [1.29, 1.82) is 0 Å². The van der Waals surface area contributed by atoms with Crippen LogP contribution in [0.15, 0.2) is 60.8 Å². The number of ether oxygens (including phenoxy) is 1. The van der Waals surface area contributed by atoms with Crippen LogP contribution < -0.4 is 15.5 Å². The van der Waals surface area contributed by atoms with Crippen LogP contribution in [0.3, 0.4) is 0 Å². The lowest BCUT2D eigenvalue weighted by Crippen LogP contribution is -2.51. The second-order valence-corrected chi connectivity index (χ2v) is 13.6. The van der Waals surface area contributed by atoms with Crippen molar-refractivity contribution >= 4 is 23.3 Å². The van der Waals surface area contributed by atoms with E-state index in [1.807, 2.05) is 50.4 Å². The van der Waals surface area contributed by atoms with Gasteiger partial charge in [0.2, 0.25) is 5.91 Å². The molecule has 4 aromatic rings. The summed E-state index contributed by atoms with van der Waals surface area (Å²) in [5.74, 6) is -0.427. The number of nitrogens with one attached hydrogen (secondary N) is 3. The van der Waals surface area contributed by atoms with Crippen LogP contribution in [0.2, 0.25) is 0 Å². The summed E-state index contributed by atoms with van der Waals surface area (Å²) in [4.78, 5) is 34.2. The molecule has 0 radical (unpaired) electrons. The average molecular weight is 635 g/mol. The smallest absolute Gasteiger partial charge is 0.258 e. The number of pyridine rings is 1. The molecule has 3 fully saturated rings. The topological polar surface area (TPSA) is 112 Å². The van der Waals surface area contributed by atoms with Crippen LogP contribution in [0.25, 0.3) is 22.3 Å². The molecule has 2 aromatic carbocycles. The number of benzene rings is 2. The van der Waals surface area contributed by atoms with Crippen LogP contribution in [0.4, 0.5) is 15.9 Å². The maximum Gasteiger partial charge on any atom is 0.258 e. The van der Waals surface area contributed by atoms with Crippen LogP contribution in [-0.4, -0.2) is 64.0 Å². The largest absolute Gasteiger partial charge is 0.374 e.